The second kappa shape index (κ2) is 5.58. The third kappa shape index (κ3) is 3.14. The van der Waals surface area contributed by atoms with E-state index in [4.69, 9.17) is 0 Å². The van der Waals surface area contributed by atoms with Crippen molar-refractivity contribution in [2.45, 2.75) is 46.0 Å². The summed E-state index contributed by atoms with van der Waals surface area (Å²) in [5, 5.41) is 0. The van der Waals surface area contributed by atoms with Gasteiger partial charge >= 0.3 is 0 Å². The van der Waals surface area contributed by atoms with Crippen LogP contribution in [-0.4, -0.2) is 24.5 Å². The van der Waals surface area contributed by atoms with Crippen LogP contribution in [-0.2, 0) is 0 Å². The Kier molecular flexibility index (Phi) is 4.67. The number of hydrogen-bond donors (Lipinski definition) is 0. The van der Waals surface area contributed by atoms with Crippen molar-refractivity contribution in [3.63, 3.8) is 0 Å². The largest absolute Gasteiger partial charge is 0.303 e. The minimum Gasteiger partial charge on any atom is -0.303 e. The molecule has 1 unspecified atom stereocenters. The Labute approximate surface area is 77.1 Å². The molecule has 1 atom stereocenters. The zero-order chi connectivity index (χ0) is 8.81. The van der Waals surface area contributed by atoms with Crippen LogP contribution in [0.4, 0.5) is 0 Å². The highest BCUT2D eigenvalue weighted by Crippen LogP contribution is 2.18. The summed E-state index contributed by atoms with van der Waals surface area (Å²) in [6, 6.07) is 0. The lowest BCUT2D eigenvalue weighted by Gasteiger charge is -2.22. The summed E-state index contributed by atoms with van der Waals surface area (Å²) in [7, 11) is 0. The van der Waals surface area contributed by atoms with Gasteiger partial charge in [-0.15, -0.1) is 0 Å². The summed E-state index contributed by atoms with van der Waals surface area (Å²) in [6.07, 6.45) is 7.04. The fourth-order valence-corrected chi connectivity index (χ4v) is 2.17. The number of likely N-dealkylation sites (tertiary alicyclic amines) is 1. The topological polar surface area (TPSA) is 3.24 Å². The molecule has 1 saturated heterocycles. The molecule has 72 valence electrons. The summed E-state index contributed by atoms with van der Waals surface area (Å²) >= 11 is 0. The maximum atomic E-state index is 2.65. The lowest BCUT2D eigenvalue weighted by Crippen LogP contribution is -2.28. The molecule has 0 spiro atoms. The van der Waals surface area contributed by atoms with Gasteiger partial charge in [-0.25, -0.2) is 0 Å². The Morgan fingerprint density at radius 1 is 1.25 bits per heavy atom. The van der Waals surface area contributed by atoms with Crippen molar-refractivity contribution in [1.82, 2.24) is 4.90 Å². The van der Waals surface area contributed by atoms with Crippen molar-refractivity contribution in [3.05, 3.63) is 0 Å². The fourth-order valence-electron chi connectivity index (χ4n) is 2.17. The van der Waals surface area contributed by atoms with E-state index in [-0.39, 0.29) is 0 Å². The third-order valence-corrected chi connectivity index (χ3v) is 2.97. The van der Waals surface area contributed by atoms with Crippen LogP contribution >= 0.6 is 0 Å². The number of nitrogens with zero attached hydrogens (tertiary/aromatic N) is 1. The van der Waals surface area contributed by atoms with Gasteiger partial charge in [0, 0.05) is 6.54 Å². The lowest BCUT2D eigenvalue weighted by atomic mass is 10.0. The molecule has 1 aliphatic rings. The van der Waals surface area contributed by atoms with Crippen molar-refractivity contribution in [3.8, 4) is 0 Å². The summed E-state index contributed by atoms with van der Waals surface area (Å²) in [6.45, 7) is 8.65. The zero-order valence-corrected chi connectivity index (χ0v) is 8.68. The van der Waals surface area contributed by atoms with Crippen LogP contribution in [0.1, 0.15) is 46.0 Å². The minimum atomic E-state index is 0.985. The van der Waals surface area contributed by atoms with E-state index in [1.165, 1.54) is 51.7 Å². The molecule has 0 saturated carbocycles. The van der Waals surface area contributed by atoms with E-state index in [9.17, 15) is 0 Å². The first-order chi connectivity index (χ1) is 5.86. The second-order valence-electron chi connectivity index (χ2n) is 4.07. The summed E-state index contributed by atoms with van der Waals surface area (Å²) in [5.74, 6) is 0.985. The molecule has 0 N–H and O–H groups in total. The molecule has 0 bridgehead atoms. The van der Waals surface area contributed by atoms with Crippen molar-refractivity contribution < 1.29 is 0 Å². The van der Waals surface area contributed by atoms with Gasteiger partial charge in [-0.1, -0.05) is 26.7 Å². The smallest absolute Gasteiger partial charge is 0.000955 e. The van der Waals surface area contributed by atoms with Crippen LogP contribution in [0.15, 0.2) is 0 Å². The second-order valence-corrected chi connectivity index (χ2v) is 4.07. The molecule has 0 aromatic rings. The van der Waals surface area contributed by atoms with E-state index in [1.807, 2.05) is 0 Å². The normalized spacial score (nSPS) is 27.0. The molecule has 1 heteroatoms. The van der Waals surface area contributed by atoms with Crippen molar-refractivity contribution in [1.29, 1.82) is 0 Å². The Morgan fingerprint density at radius 2 is 2.08 bits per heavy atom. The van der Waals surface area contributed by atoms with Gasteiger partial charge in [0.05, 0.1) is 0 Å². The van der Waals surface area contributed by atoms with Gasteiger partial charge in [-0.2, -0.15) is 0 Å². The highest BCUT2D eigenvalue weighted by molar-refractivity contribution is 4.69. The Balaban J connectivity index is 2.31. The molecule has 1 rings (SSSR count). The van der Waals surface area contributed by atoms with E-state index < -0.39 is 0 Å². The molecule has 1 fully saturated rings. The molecular weight excluding hydrogens is 146 g/mol. The van der Waals surface area contributed by atoms with Crippen LogP contribution in [0.3, 0.4) is 0 Å². The molecule has 0 aromatic carbocycles. The van der Waals surface area contributed by atoms with Gasteiger partial charge in [0.15, 0.2) is 0 Å². The van der Waals surface area contributed by atoms with Crippen LogP contribution < -0.4 is 0 Å². The highest BCUT2D eigenvalue weighted by Gasteiger charge is 2.15. The van der Waals surface area contributed by atoms with Gasteiger partial charge < -0.3 is 4.90 Å². The predicted octanol–water partition coefficient (Wildman–Crippen LogP) is 2.91. The van der Waals surface area contributed by atoms with E-state index in [1.54, 1.807) is 0 Å². The molecule has 1 nitrogen and oxygen atoms in total. The molecule has 1 aliphatic heterocycles. The average Bonchev–Trinajstić information content (AvgIpc) is 2.30. The summed E-state index contributed by atoms with van der Waals surface area (Å²) in [5.41, 5.74) is 0. The third-order valence-electron chi connectivity index (χ3n) is 2.97. The van der Waals surface area contributed by atoms with E-state index in [0.29, 0.717) is 0 Å². The summed E-state index contributed by atoms with van der Waals surface area (Å²) in [4.78, 5) is 2.65. The van der Waals surface area contributed by atoms with Gasteiger partial charge in [-0.3, -0.25) is 0 Å². The van der Waals surface area contributed by atoms with E-state index in [2.05, 4.69) is 18.7 Å². The van der Waals surface area contributed by atoms with Gasteiger partial charge in [0.2, 0.25) is 0 Å². The maximum Gasteiger partial charge on any atom is 0.000955 e. The van der Waals surface area contributed by atoms with E-state index in [0.717, 1.165) is 5.92 Å². The van der Waals surface area contributed by atoms with Gasteiger partial charge in [0.1, 0.15) is 0 Å². The molecular formula is C11H23N. The first kappa shape index (κ1) is 10.0. The van der Waals surface area contributed by atoms with Crippen LogP contribution in [0.25, 0.3) is 0 Å². The standard InChI is InChI=1S/C11H23N/c1-3-8-12-9-6-5-7-11(4-2)10-12/h11H,3-10H2,1-2H3. The minimum absolute atomic E-state index is 0.985. The van der Waals surface area contributed by atoms with Crippen LogP contribution in [0.2, 0.25) is 0 Å². The summed E-state index contributed by atoms with van der Waals surface area (Å²) < 4.78 is 0. The lowest BCUT2D eigenvalue weighted by molar-refractivity contribution is 0.246. The van der Waals surface area contributed by atoms with Crippen molar-refractivity contribution >= 4 is 0 Å². The molecule has 0 amide bonds. The predicted molar refractivity (Wildman–Crippen MR) is 54.4 cm³/mol. The fraction of sp³-hybridized carbons (Fsp3) is 1.00. The molecule has 0 radical (unpaired) electrons. The van der Waals surface area contributed by atoms with Gasteiger partial charge in [-0.05, 0) is 38.3 Å². The van der Waals surface area contributed by atoms with Crippen molar-refractivity contribution in [2.75, 3.05) is 19.6 Å². The zero-order valence-electron chi connectivity index (χ0n) is 8.68. The first-order valence-corrected chi connectivity index (χ1v) is 5.59. The molecule has 0 aliphatic carbocycles. The number of hydrogen-bond acceptors (Lipinski definition) is 1. The first-order valence-electron chi connectivity index (χ1n) is 5.59. The van der Waals surface area contributed by atoms with Crippen LogP contribution in [0, 0.1) is 5.92 Å². The van der Waals surface area contributed by atoms with E-state index >= 15 is 0 Å². The van der Waals surface area contributed by atoms with Gasteiger partial charge in [0.25, 0.3) is 0 Å². The van der Waals surface area contributed by atoms with Crippen molar-refractivity contribution in [2.24, 2.45) is 5.92 Å². The number of rotatable bonds is 3. The van der Waals surface area contributed by atoms with Crippen LogP contribution in [0.5, 0.6) is 0 Å². The Morgan fingerprint density at radius 3 is 2.75 bits per heavy atom. The maximum absolute atomic E-state index is 2.65. The Bertz CT molecular complexity index is 112. The monoisotopic (exact) mass is 169 g/mol. The quantitative estimate of drug-likeness (QED) is 0.628. The molecule has 0 aromatic heterocycles. The Hall–Kier alpha value is -0.0400. The highest BCUT2D eigenvalue weighted by atomic mass is 15.1. The SMILES string of the molecule is CCCN1CCCCC(CC)C1. The molecule has 12 heavy (non-hydrogen) atoms. The molecule has 1 heterocycles. The average molecular weight is 169 g/mol.